The fourth-order valence-corrected chi connectivity index (χ4v) is 6.91. The number of carbonyl (C=O) groups is 3. The fraction of sp³-hybridized carbons (Fsp3) is 0.469. The predicted octanol–water partition coefficient (Wildman–Crippen LogP) is 4.89. The number of aryl methyl sites for hydroxylation is 2. The van der Waals surface area contributed by atoms with E-state index in [1.54, 1.807) is 4.90 Å². The maximum absolute atomic E-state index is 13.0. The summed E-state index contributed by atoms with van der Waals surface area (Å²) in [5, 5.41) is 3.52. The van der Waals surface area contributed by atoms with Gasteiger partial charge in [-0.25, -0.2) is 4.79 Å². The van der Waals surface area contributed by atoms with Crippen LogP contribution in [-0.2, 0) is 4.79 Å². The Balaban J connectivity index is 1.06. The topological polar surface area (TPSA) is 77.9 Å². The molecule has 1 aromatic heterocycles. The van der Waals surface area contributed by atoms with Gasteiger partial charge in [0, 0.05) is 68.4 Å². The maximum Gasteiger partial charge on any atom is 0.328 e. The monoisotopic (exact) mass is 541 g/mol. The van der Waals surface area contributed by atoms with Crippen LogP contribution < -0.4 is 10.2 Å². The molecule has 6 rings (SSSR count). The summed E-state index contributed by atoms with van der Waals surface area (Å²) in [7, 11) is 0. The van der Waals surface area contributed by atoms with Crippen molar-refractivity contribution in [2.45, 2.75) is 52.0 Å². The number of piperidine rings is 2. The predicted molar refractivity (Wildman–Crippen MR) is 157 cm³/mol. The Morgan fingerprint density at radius 3 is 2.38 bits per heavy atom. The number of nitrogens with zero attached hydrogens (tertiary/aromatic N) is 4. The summed E-state index contributed by atoms with van der Waals surface area (Å²) in [4.78, 5) is 43.5. The van der Waals surface area contributed by atoms with Crippen LogP contribution in [0.25, 0.3) is 10.9 Å². The number of fused-ring (bicyclic) bond motifs is 1. The van der Waals surface area contributed by atoms with Crippen molar-refractivity contribution in [3.05, 3.63) is 65.4 Å². The van der Waals surface area contributed by atoms with Crippen LogP contribution in [0.3, 0.4) is 0 Å². The van der Waals surface area contributed by atoms with Crippen LogP contribution in [0.1, 0.15) is 59.8 Å². The average Bonchev–Trinajstić information content (AvgIpc) is 3.30. The third kappa shape index (κ3) is 5.12. The number of hydrogen-bond donors (Lipinski definition) is 1. The van der Waals surface area contributed by atoms with Gasteiger partial charge in [0.25, 0.3) is 5.91 Å². The van der Waals surface area contributed by atoms with Crippen LogP contribution >= 0.6 is 0 Å². The van der Waals surface area contributed by atoms with Gasteiger partial charge in [-0.3, -0.25) is 19.8 Å². The molecule has 0 aliphatic carbocycles. The number of rotatable bonds is 5. The van der Waals surface area contributed by atoms with Crippen LogP contribution in [0, 0.1) is 19.8 Å². The van der Waals surface area contributed by atoms with Gasteiger partial charge in [-0.2, -0.15) is 0 Å². The first-order chi connectivity index (χ1) is 19.4. The van der Waals surface area contributed by atoms with E-state index >= 15 is 0 Å². The van der Waals surface area contributed by atoms with Gasteiger partial charge in [-0.1, -0.05) is 24.3 Å². The van der Waals surface area contributed by atoms with Crippen molar-refractivity contribution in [2.75, 3.05) is 44.2 Å². The first-order valence-electron chi connectivity index (χ1n) is 14.7. The van der Waals surface area contributed by atoms with Gasteiger partial charge >= 0.3 is 6.03 Å². The van der Waals surface area contributed by atoms with E-state index in [9.17, 15) is 14.4 Å². The van der Waals surface area contributed by atoms with Gasteiger partial charge in [0.05, 0.1) is 11.2 Å². The molecule has 4 amide bonds. The zero-order chi connectivity index (χ0) is 27.8. The van der Waals surface area contributed by atoms with Crippen LogP contribution in [-0.4, -0.2) is 71.5 Å². The molecule has 0 bridgehead atoms. The van der Waals surface area contributed by atoms with Crippen molar-refractivity contribution >= 4 is 34.4 Å². The van der Waals surface area contributed by atoms with Crippen molar-refractivity contribution < 1.29 is 14.4 Å². The van der Waals surface area contributed by atoms with Crippen molar-refractivity contribution in [3.8, 4) is 0 Å². The molecule has 210 valence electrons. The molecule has 3 fully saturated rings. The lowest BCUT2D eigenvalue weighted by Crippen LogP contribution is -2.49. The summed E-state index contributed by atoms with van der Waals surface area (Å²) >= 11 is 0. The Bertz CT molecular complexity index is 1430. The van der Waals surface area contributed by atoms with Crippen LogP contribution in [0.2, 0.25) is 0 Å². The smallest absolute Gasteiger partial charge is 0.328 e. The number of anilines is 1. The number of urea groups is 1. The number of benzene rings is 2. The summed E-state index contributed by atoms with van der Waals surface area (Å²) < 4.78 is 2.46. The van der Waals surface area contributed by atoms with E-state index in [4.69, 9.17) is 0 Å². The van der Waals surface area contributed by atoms with Crippen molar-refractivity contribution in [1.82, 2.24) is 19.7 Å². The summed E-state index contributed by atoms with van der Waals surface area (Å²) in [6.07, 6.45) is 4.65. The lowest BCUT2D eigenvalue weighted by Gasteiger charge is -2.38. The highest BCUT2D eigenvalue weighted by atomic mass is 16.2. The summed E-state index contributed by atoms with van der Waals surface area (Å²) in [6, 6.07) is 16.3. The minimum absolute atomic E-state index is 0.171. The highest BCUT2D eigenvalue weighted by Gasteiger charge is 2.30. The Morgan fingerprint density at radius 1 is 0.900 bits per heavy atom. The molecule has 3 aromatic rings. The lowest BCUT2D eigenvalue weighted by atomic mass is 9.94. The number of amides is 4. The van der Waals surface area contributed by atoms with Crippen molar-refractivity contribution in [1.29, 1.82) is 0 Å². The molecule has 1 N–H and O–H groups in total. The molecule has 4 heterocycles. The van der Waals surface area contributed by atoms with Crippen LogP contribution in [0.15, 0.2) is 48.5 Å². The average molecular weight is 542 g/mol. The van der Waals surface area contributed by atoms with Crippen molar-refractivity contribution in [3.63, 3.8) is 0 Å². The molecule has 8 heteroatoms. The van der Waals surface area contributed by atoms with Gasteiger partial charge in [-0.15, -0.1) is 0 Å². The molecule has 3 saturated heterocycles. The largest absolute Gasteiger partial charge is 0.342 e. The van der Waals surface area contributed by atoms with E-state index in [0.717, 1.165) is 86.1 Å². The Labute approximate surface area is 235 Å². The minimum atomic E-state index is -0.340. The highest BCUT2D eigenvalue weighted by molar-refractivity contribution is 6.09. The second kappa shape index (κ2) is 11.1. The van der Waals surface area contributed by atoms with Gasteiger partial charge in [0.1, 0.15) is 0 Å². The molecule has 0 radical (unpaired) electrons. The number of hydrogen-bond acceptors (Lipinski definition) is 4. The summed E-state index contributed by atoms with van der Waals surface area (Å²) in [5.41, 5.74) is 5.11. The number of nitrogens with one attached hydrogen (secondary N) is 1. The normalized spacial score (nSPS) is 19.9. The first kappa shape index (κ1) is 26.6. The minimum Gasteiger partial charge on any atom is -0.342 e. The molecule has 0 atom stereocenters. The maximum atomic E-state index is 13.0. The fourth-order valence-electron chi connectivity index (χ4n) is 6.91. The van der Waals surface area contributed by atoms with Gasteiger partial charge in [0.2, 0.25) is 5.91 Å². The molecule has 40 heavy (non-hydrogen) atoms. The molecule has 2 aromatic carbocycles. The molecule has 0 saturated carbocycles. The molecular weight excluding hydrogens is 502 g/mol. The number of aromatic nitrogens is 1. The molecule has 8 nitrogen and oxygen atoms in total. The van der Waals surface area contributed by atoms with E-state index < -0.39 is 0 Å². The van der Waals surface area contributed by atoms with Gasteiger partial charge in [-0.05, 0) is 75.3 Å². The van der Waals surface area contributed by atoms with E-state index in [-0.39, 0.29) is 17.8 Å². The standard InChI is InChI=1S/C32H39N5O3/c1-22-6-3-4-7-26(22)31(39)35-17-10-24(11-18-35)21-34-15-12-25(13-16-34)37-23(2)20-27-28(8-5-9-29(27)37)36-19-14-30(38)33-32(36)40/h3-9,20,24-25H,10-19,21H2,1-2H3,(H,33,38,40). The Hall–Kier alpha value is -3.65. The Kier molecular flexibility index (Phi) is 7.36. The lowest BCUT2D eigenvalue weighted by molar-refractivity contribution is -0.120. The molecular formula is C32H39N5O3. The quantitative estimate of drug-likeness (QED) is 0.499. The van der Waals surface area contributed by atoms with E-state index in [2.05, 4.69) is 33.8 Å². The van der Waals surface area contributed by atoms with Crippen LogP contribution in [0.5, 0.6) is 0 Å². The second-order valence-electron chi connectivity index (χ2n) is 11.7. The van der Waals surface area contributed by atoms with Gasteiger partial charge in [0.15, 0.2) is 0 Å². The number of imide groups is 1. The molecule has 0 unspecified atom stereocenters. The molecule has 3 aliphatic rings. The van der Waals surface area contributed by atoms with Gasteiger partial charge < -0.3 is 14.4 Å². The first-order valence-corrected chi connectivity index (χ1v) is 14.7. The third-order valence-corrected chi connectivity index (χ3v) is 9.11. The van der Waals surface area contributed by atoms with Crippen LogP contribution in [0.4, 0.5) is 10.5 Å². The zero-order valence-corrected chi connectivity index (χ0v) is 23.6. The number of carbonyl (C=O) groups excluding carboxylic acids is 3. The number of likely N-dealkylation sites (tertiary alicyclic amines) is 2. The SMILES string of the molecule is Cc1ccccc1C(=O)N1CCC(CN2CCC(n3c(C)cc4c(N5CCC(=O)NC5=O)cccc43)CC2)CC1. The summed E-state index contributed by atoms with van der Waals surface area (Å²) in [5.74, 6) is 0.594. The van der Waals surface area contributed by atoms with Crippen molar-refractivity contribution in [2.24, 2.45) is 5.92 Å². The third-order valence-electron chi connectivity index (χ3n) is 9.11. The van der Waals surface area contributed by atoms with E-state index in [1.807, 2.05) is 48.2 Å². The molecule has 3 aliphatic heterocycles. The molecule has 0 spiro atoms. The second-order valence-corrected chi connectivity index (χ2v) is 11.7. The van der Waals surface area contributed by atoms with E-state index in [0.29, 0.717) is 24.9 Å². The van der Waals surface area contributed by atoms with E-state index in [1.165, 1.54) is 5.69 Å². The zero-order valence-electron chi connectivity index (χ0n) is 23.6. The Morgan fingerprint density at radius 2 is 1.65 bits per heavy atom. The summed E-state index contributed by atoms with van der Waals surface area (Å²) in [6.45, 7) is 9.51. The highest BCUT2D eigenvalue weighted by Crippen LogP contribution is 2.36.